The number of carbonyl (C=O) groups is 3. The zero-order chi connectivity index (χ0) is 18.4. The Labute approximate surface area is 150 Å². The van der Waals surface area contributed by atoms with Crippen LogP contribution in [0.3, 0.4) is 0 Å². The van der Waals surface area contributed by atoms with Crippen LogP contribution in [0.5, 0.6) is 5.75 Å². The molecule has 0 aliphatic carbocycles. The van der Waals surface area contributed by atoms with Crippen molar-refractivity contribution in [3.8, 4) is 5.75 Å². The summed E-state index contributed by atoms with van der Waals surface area (Å²) in [6, 6.07) is 6.47. The van der Waals surface area contributed by atoms with E-state index in [4.69, 9.17) is 4.74 Å². The molecule has 25 heavy (non-hydrogen) atoms. The number of carbonyl (C=O) groups excluding carboxylic acids is 3. The molecule has 1 N–H and O–H groups in total. The molecule has 1 heterocycles. The molecule has 1 atom stereocenters. The molecule has 1 saturated heterocycles. The van der Waals surface area contributed by atoms with Gasteiger partial charge in [0.1, 0.15) is 11.0 Å². The molecule has 1 aromatic carbocycles. The zero-order valence-corrected chi connectivity index (χ0v) is 15.3. The van der Waals surface area contributed by atoms with Crippen LogP contribution in [0.4, 0.5) is 5.69 Å². The third-order valence-electron chi connectivity index (χ3n) is 3.40. The molecule has 0 spiro atoms. The normalized spacial score (nSPS) is 18.5. The maximum Gasteiger partial charge on any atom is 0.308 e. The highest BCUT2D eigenvalue weighted by Crippen LogP contribution is 2.29. The molecule has 1 aliphatic rings. The van der Waals surface area contributed by atoms with E-state index in [1.165, 1.54) is 18.7 Å². The fourth-order valence-electron chi connectivity index (χ4n) is 2.34. The lowest BCUT2D eigenvalue weighted by Crippen LogP contribution is -2.33. The lowest BCUT2D eigenvalue weighted by atomic mass is 10.2. The van der Waals surface area contributed by atoms with Crippen LogP contribution in [0.25, 0.3) is 0 Å². The summed E-state index contributed by atoms with van der Waals surface area (Å²) in [5, 5.41) is 2.97. The molecule has 2 rings (SSSR count). The van der Waals surface area contributed by atoms with E-state index in [0.717, 1.165) is 0 Å². The zero-order valence-electron chi connectivity index (χ0n) is 14.4. The molecular formula is C17H21N3O4S. The van der Waals surface area contributed by atoms with Crippen molar-refractivity contribution in [1.82, 2.24) is 4.90 Å². The van der Waals surface area contributed by atoms with Gasteiger partial charge in [-0.1, -0.05) is 11.8 Å². The Kier molecular flexibility index (Phi) is 6.58. The predicted molar refractivity (Wildman–Crippen MR) is 97.7 cm³/mol. The standard InChI is InChI=1S/C17H21N3O4S/c1-4-18-17-20(5-2)16(23)14(25-17)10-15(22)19-12-6-8-13(9-7-12)24-11(3)21/h6-9,14H,4-5,10H2,1-3H3,(H,19,22)/t14-/m1/s1. The van der Waals surface area contributed by atoms with Gasteiger partial charge in [-0.05, 0) is 38.1 Å². The number of benzene rings is 1. The summed E-state index contributed by atoms with van der Waals surface area (Å²) >= 11 is 1.33. The average Bonchev–Trinajstić information content (AvgIpc) is 2.84. The number of amidine groups is 1. The Morgan fingerprint density at radius 3 is 2.52 bits per heavy atom. The minimum absolute atomic E-state index is 0.0778. The average molecular weight is 363 g/mol. The van der Waals surface area contributed by atoms with Gasteiger partial charge in [0.05, 0.1) is 0 Å². The van der Waals surface area contributed by atoms with Gasteiger partial charge in [0.2, 0.25) is 11.8 Å². The first-order chi connectivity index (χ1) is 11.9. The molecule has 0 unspecified atom stereocenters. The lowest BCUT2D eigenvalue weighted by molar-refractivity contribution is -0.132. The van der Waals surface area contributed by atoms with E-state index in [1.54, 1.807) is 29.2 Å². The van der Waals surface area contributed by atoms with Crippen molar-refractivity contribution in [2.75, 3.05) is 18.4 Å². The second-order valence-corrected chi connectivity index (χ2v) is 6.49. The van der Waals surface area contributed by atoms with Crippen molar-refractivity contribution < 1.29 is 19.1 Å². The summed E-state index contributed by atoms with van der Waals surface area (Å²) in [5.74, 6) is -0.329. The van der Waals surface area contributed by atoms with E-state index in [9.17, 15) is 14.4 Å². The fraction of sp³-hybridized carbons (Fsp3) is 0.412. The lowest BCUT2D eigenvalue weighted by Gasteiger charge is -2.13. The van der Waals surface area contributed by atoms with Crippen LogP contribution in [0.2, 0.25) is 0 Å². The molecule has 1 fully saturated rings. The van der Waals surface area contributed by atoms with Crippen LogP contribution < -0.4 is 10.1 Å². The van der Waals surface area contributed by atoms with Gasteiger partial charge in [-0.15, -0.1) is 0 Å². The molecule has 7 nitrogen and oxygen atoms in total. The maximum atomic E-state index is 12.4. The second kappa shape index (κ2) is 8.66. The van der Waals surface area contributed by atoms with Crippen LogP contribution in [-0.2, 0) is 14.4 Å². The Bertz CT molecular complexity index is 688. The Balaban J connectivity index is 1.95. The SMILES string of the molecule is CCN=C1S[C@H](CC(=O)Nc2ccc(OC(C)=O)cc2)C(=O)N1CC. The summed E-state index contributed by atoms with van der Waals surface area (Å²) in [7, 11) is 0. The summed E-state index contributed by atoms with van der Waals surface area (Å²) in [6.45, 7) is 6.25. The molecule has 1 aromatic rings. The summed E-state index contributed by atoms with van der Waals surface area (Å²) in [5.41, 5.74) is 0.575. The van der Waals surface area contributed by atoms with Gasteiger partial charge < -0.3 is 10.1 Å². The maximum absolute atomic E-state index is 12.4. The van der Waals surface area contributed by atoms with Gasteiger partial charge in [-0.3, -0.25) is 24.3 Å². The highest BCUT2D eigenvalue weighted by molar-refractivity contribution is 8.15. The van der Waals surface area contributed by atoms with Gasteiger partial charge in [0, 0.05) is 32.1 Å². The van der Waals surface area contributed by atoms with E-state index in [2.05, 4.69) is 10.3 Å². The number of hydrogen-bond acceptors (Lipinski definition) is 6. The van der Waals surface area contributed by atoms with Crippen LogP contribution in [-0.4, -0.2) is 46.2 Å². The van der Waals surface area contributed by atoms with Gasteiger partial charge in [-0.2, -0.15) is 0 Å². The number of thioether (sulfide) groups is 1. The van der Waals surface area contributed by atoms with Crippen molar-refractivity contribution >= 4 is 40.4 Å². The minimum Gasteiger partial charge on any atom is -0.427 e. The van der Waals surface area contributed by atoms with Crippen LogP contribution in [0.15, 0.2) is 29.3 Å². The highest BCUT2D eigenvalue weighted by Gasteiger charge is 2.37. The van der Waals surface area contributed by atoms with Gasteiger partial charge in [0.15, 0.2) is 5.17 Å². The first-order valence-electron chi connectivity index (χ1n) is 8.05. The summed E-state index contributed by atoms with van der Waals surface area (Å²) in [6.07, 6.45) is 0.0778. The molecule has 0 bridgehead atoms. The number of hydrogen-bond donors (Lipinski definition) is 1. The second-order valence-electron chi connectivity index (χ2n) is 5.32. The van der Waals surface area contributed by atoms with Crippen molar-refractivity contribution in [2.45, 2.75) is 32.4 Å². The van der Waals surface area contributed by atoms with E-state index >= 15 is 0 Å². The van der Waals surface area contributed by atoms with Gasteiger partial charge >= 0.3 is 5.97 Å². The van der Waals surface area contributed by atoms with Crippen LogP contribution >= 0.6 is 11.8 Å². The molecule has 0 radical (unpaired) electrons. The number of aliphatic imine (C=N–C) groups is 1. The molecular weight excluding hydrogens is 342 g/mol. The fourth-order valence-corrected chi connectivity index (χ4v) is 3.61. The van der Waals surface area contributed by atoms with Crippen molar-refractivity contribution in [3.63, 3.8) is 0 Å². The van der Waals surface area contributed by atoms with Crippen LogP contribution in [0, 0.1) is 0 Å². The molecule has 134 valence electrons. The molecule has 0 saturated carbocycles. The highest BCUT2D eigenvalue weighted by atomic mass is 32.2. The Morgan fingerprint density at radius 2 is 1.96 bits per heavy atom. The number of esters is 1. The smallest absolute Gasteiger partial charge is 0.308 e. The van der Waals surface area contributed by atoms with E-state index in [0.29, 0.717) is 29.7 Å². The minimum atomic E-state index is -0.453. The molecule has 1 aliphatic heterocycles. The van der Waals surface area contributed by atoms with Gasteiger partial charge in [-0.25, -0.2) is 0 Å². The predicted octanol–water partition coefficient (Wildman–Crippen LogP) is 2.28. The number of rotatable bonds is 6. The topological polar surface area (TPSA) is 88.1 Å². The van der Waals surface area contributed by atoms with Crippen LogP contribution in [0.1, 0.15) is 27.2 Å². The van der Waals surface area contributed by atoms with Crippen molar-refractivity contribution in [3.05, 3.63) is 24.3 Å². The van der Waals surface area contributed by atoms with E-state index < -0.39 is 11.2 Å². The first kappa shape index (κ1) is 19.0. The van der Waals surface area contributed by atoms with Gasteiger partial charge in [0.25, 0.3) is 0 Å². The Morgan fingerprint density at radius 1 is 1.28 bits per heavy atom. The number of amides is 2. The molecule has 0 aromatic heterocycles. The number of nitrogens with zero attached hydrogens (tertiary/aromatic N) is 2. The van der Waals surface area contributed by atoms with Crippen molar-refractivity contribution in [1.29, 1.82) is 0 Å². The van der Waals surface area contributed by atoms with E-state index in [-0.39, 0.29) is 18.2 Å². The van der Waals surface area contributed by atoms with E-state index in [1.807, 2.05) is 13.8 Å². The third kappa shape index (κ3) is 5.06. The quantitative estimate of drug-likeness (QED) is 0.619. The third-order valence-corrected chi connectivity index (χ3v) is 4.61. The Hall–Kier alpha value is -2.35. The summed E-state index contributed by atoms with van der Waals surface area (Å²) in [4.78, 5) is 41.4. The molecule has 2 amide bonds. The number of anilines is 1. The monoisotopic (exact) mass is 363 g/mol. The largest absolute Gasteiger partial charge is 0.427 e. The van der Waals surface area contributed by atoms with Crippen molar-refractivity contribution in [2.24, 2.45) is 4.99 Å². The first-order valence-corrected chi connectivity index (χ1v) is 8.93. The molecule has 8 heteroatoms. The number of ether oxygens (including phenoxy) is 1. The summed E-state index contributed by atoms with van der Waals surface area (Å²) < 4.78 is 4.94. The number of nitrogens with one attached hydrogen (secondary N) is 1.